The minimum Gasteiger partial charge on any atom is -0.370 e. The minimum absolute atomic E-state index is 0.235. The average Bonchev–Trinajstić information content (AvgIpc) is 2.27. The molecule has 1 amide bonds. The molecule has 0 aliphatic rings. The van der Waals surface area contributed by atoms with Crippen LogP contribution in [-0.4, -0.2) is 16.9 Å². The molecular formula is C12H12N4O. The molecule has 0 aliphatic carbocycles. The lowest BCUT2D eigenvalue weighted by molar-refractivity contribution is 0.100. The Morgan fingerprint density at radius 2 is 2.00 bits per heavy atom. The van der Waals surface area contributed by atoms with E-state index in [1.165, 1.54) is 0 Å². The fraction of sp³-hybridized carbons (Fsp3) is 0.0833. The van der Waals surface area contributed by atoms with E-state index in [1.54, 1.807) is 18.3 Å². The van der Waals surface area contributed by atoms with Crippen molar-refractivity contribution in [1.82, 2.24) is 4.98 Å². The Kier molecular flexibility index (Phi) is 2.74. The number of carbonyl (C=O) groups is 1. The topological polar surface area (TPSA) is 94.4 Å². The van der Waals surface area contributed by atoms with Crippen LogP contribution in [0, 0.1) is 6.92 Å². The molecule has 0 aliphatic heterocycles. The van der Waals surface area contributed by atoms with Crippen molar-refractivity contribution in [2.45, 2.75) is 6.92 Å². The third-order valence-electron chi connectivity index (χ3n) is 2.34. The van der Waals surface area contributed by atoms with Crippen LogP contribution in [0.25, 0.3) is 10.8 Å². The summed E-state index contributed by atoms with van der Waals surface area (Å²) >= 11 is 0. The first-order chi connectivity index (χ1) is 8.06. The molecule has 86 valence electrons. The van der Waals surface area contributed by atoms with Crippen LogP contribution < -0.4 is 11.5 Å². The van der Waals surface area contributed by atoms with Crippen molar-refractivity contribution in [3.05, 3.63) is 41.7 Å². The molecule has 1 aromatic heterocycles. The molecule has 0 spiro atoms. The summed E-state index contributed by atoms with van der Waals surface area (Å²) in [6.07, 6.45) is 1.76. The normalized spacial score (nSPS) is 10.2. The fourth-order valence-electron chi connectivity index (χ4n) is 1.57. The van der Waals surface area contributed by atoms with Crippen LogP contribution in [0.15, 0.2) is 35.5 Å². The van der Waals surface area contributed by atoms with E-state index >= 15 is 0 Å². The van der Waals surface area contributed by atoms with Gasteiger partial charge >= 0.3 is 0 Å². The van der Waals surface area contributed by atoms with Crippen LogP contribution in [-0.2, 0) is 0 Å². The maximum absolute atomic E-state index is 11.6. The summed E-state index contributed by atoms with van der Waals surface area (Å²) in [7, 11) is 0. The monoisotopic (exact) mass is 228 g/mol. The summed E-state index contributed by atoms with van der Waals surface area (Å²) in [6, 6.07) is 7.14. The number of benzene rings is 1. The molecule has 1 aromatic carbocycles. The number of nitrogens with zero attached hydrogens (tertiary/aromatic N) is 2. The summed E-state index contributed by atoms with van der Waals surface area (Å²) in [6.45, 7) is 1.89. The minimum atomic E-state index is -0.443. The highest BCUT2D eigenvalue weighted by atomic mass is 16.1. The number of fused-ring (bicyclic) bond motifs is 1. The van der Waals surface area contributed by atoms with Gasteiger partial charge in [-0.25, -0.2) is 0 Å². The zero-order chi connectivity index (χ0) is 12.4. The summed E-state index contributed by atoms with van der Waals surface area (Å²) < 4.78 is 0. The Labute approximate surface area is 98.2 Å². The van der Waals surface area contributed by atoms with Crippen molar-refractivity contribution in [1.29, 1.82) is 0 Å². The predicted molar refractivity (Wildman–Crippen MR) is 66.6 cm³/mol. The SMILES string of the molecule is Cc1cc2cc(C(=O)N=C(N)N)ccc2cn1. The van der Waals surface area contributed by atoms with E-state index in [9.17, 15) is 4.79 Å². The van der Waals surface area contributed by atoms with Gasteiger partial charge in [0.2, 0.25) is 0 Å². The van der Waals surface area contributed by atoms with Crippen molar-refractivity contribution in [2.24, 2.45) is 16.5 Å². The molecule has 2 aromatic rings. The number of hydrogen-bond donors (Lipinski definition) is 2. The van der Waals surface area contributed by atoms with Gasteiger partial charge in [0.1, 0.15) is 0 Å². The molecule has 17 heavy (non-hydrogen) atoms. The standard InChI is InChI=1S/C12H12N4O/c1-7-4-10-5-8(11(17)16-12(13)14)2-3-9(10)6-15-7/h2-6H,1H3,(H4,13,14,16,17). The Bertz CT molecular complexity index is 615. The molecular weight excluding hydrogens is 216 g/mol. The average molecular weight is 228 g/mol. The lowest BCUT2D eigenvalue weighted by atomic mass is 10.1. The lowest BCUT2D eigenvalue weighted by Gasteiger charge is -2.01. The second-order valence-corrected chi connectivity index (χ2v) is 3.73. The van der Waals surface area contributed by atoms with Crippen LogP contribution in [0.3, 0.4) is 0 Å². The second kappa shape index (κ2) is 4.21. The number of aliphatic imine (C=N–C) groups is 1. The predicted octanol–water partition coefficient (Wildman–Crippen LogP) is 0.957. The van der Waals surface area contributed by atoms with Crippen LogP contribution in [0.5, 0.6) is 0 Å². The van der Waals surface area contributed by atoms with Gasteiger partial charge in [-0.15, -0.1) is 0 Å². The molecule has 5 heteroatoms. The first-order valence-electron chi connectivity index (χ1n) is 5.06. The number of nitrogens with two attached hydrogens (primary N) is 2. The van der Waals surface area contributed by atoms with Gasteiger partial charge in [-0.05, 0) is 30.5 Å². The van der Waals surface area contributed by atoms with E-state index in [0.717, 1.165) is 16.5 Å². The van der Waals surface area contributed by atoms with E-state index in [2.05, 4.69) is 9.98 Å². The Morgan fingerprint density at radius 3 is 2.71 bits per heavy atom. The smallest absolute Gasteiger partial charge is 0.280 e. The lowest BCUT2D eigenvalue weighted by Crippen LogP contribution is -2.24. The van der Waals surface area contributed by atoms with Crippen LogP contribution in [0.4, 0.5) is 0 Å². The molecule has 0 saturated heterocycles. The second-order valence-electron chi connectivity index (χ2n) is 3.73. The van der Waals surface area contributed by atoms with Gasteiger partial charge in [0, 0.05) is 22.8 Å². The maximum atomic E-state index is 11.6. The van der Waals surface area contributed by atoms with E-state index in [4.69, 9.17) is 11.5 Å². The molecule has 0 bridgehead atoms. The summed E-state index contributed by atoms with van der Waals surface area (Å²) in [5.41, 5.74) is 11.7. The zero-order valence-electron chi connectivity index (χ0n) is 9.34. The number of pyridine rings is 1. The van der Waals surface area contributed by atoms with Crippen LogP contribution >= 0.6 is 0 Å². The van der Waals surface area contributed by atoms with E-state index in [0.29, 0.717) is 5.56 Å². The highest BCUT2D eigenvalue weighted by Gasteiger charge is 2.05. The van der Waals surface area contributed by atoms with Gasteiger partial charge < -0.3 is 11.5 Å². The van der Waals surface area contributed by atoms with Crippen molar-refractivity contribution in [2.75, 3.05) is 0 Å². The number of rotatable bonds is 1. The van der Waals surface area contributed by atoms with Gasteiger partial charge in [0.25, 0.3) is 5.91 Å². The molecule has 4 N–H and O–H groups in total. The van der Waals surface area contributed by atoms with Crippen molar-refractivity contribution >= 4 is 22.6 Å². The molecule has 2 rings (SSSR count). The van der Waals surface area contributed by atoms with Gasteiger partial charge in [0.15, 0.2) is 5.96 Å². The van der Waals surface area contributed by atoms with Gasteiger partial charge in [-0.3, -0.25) is 9.78 Å². The van der Waals surface area contributed by atoms with E-state index < -0.39 is 5.91 Å². The van der Waals surface area contributed by atoms with Crippen LogP contribution in [0.1, 0.15) is 16.1 Å². The van der Waals surface area contributed by atoms with Crippen LogP contribution in [0.2, 0.25) is 0 Å². The number of carbonyl (C=O) groups excluding carboxylic acids is 1. The van der Waals surface area contributed by atoms with Gasteiger partial charge in [-0.1, -0.05) is 6.07 Å². The van der Waals surface area contributed by atoms with Crippen molar-refractivity contribution < 1.29 is 4.79 Å². The largest absolute Gasteiger partial charge is 0.370 e. The van der Waals surface area contributed by atoms with E-state index in [1.807, 2.05) is 19.1 Å². The number of guanidine groups is 1. The Hall–Kier alpha value is -2.43. The number of amides is 1. The van der Waals surface area contributed by atoms with E-state index in [-0.39, 0.29) is 5.96 Å². The van der Waals surface area contributed by atoms with Gasteiger partial charge in [-0.2, -0.15) is 4.99 Å². The molecule has 0 unspecified atom stereocenters. The first kappa shape index (κ1) is 11.1. The molecule has 5 nitrogen and oxygen atoms in total. The van der Waals surface area contributed by atoms with Crippen molar-refractivity contribution in [3.63, 3.8) is 0 Å². The quantitative estimate of drug-likeness (QED) is 0.561. The Morgan fingerprint density at radius 1 is 1.24 bits per heavy atom. The third-order valence-corrected chi connectivity index (χ3v) is 2.34. The molecule has 0 fully saturated rings. The highest BCUT2D eigenvalue weighted by molar-refractivity contribution is 6.04. The van der Waals surface area contributed by atoms with Gasteiger partial charge in [0.05, 0.1) is 0 Å². The summed E-state index contributed by atoms with van der Waals surface area (Å²) in [5, 5.41) is 1.91. The molecule has 0 radical (unpaired) electrons. The number of hydrogen-bond acceptors (Lipinski definition) is 2. The number of aryl methyl sites for hydroxylation is 1. The maximum Gasteiger partial charge on any atom is 0.280 e. The molecule has 1 heterocycles. The zero-order valence-corrected chi connectivity index (χ0v) is 9.34. The molecule has 0 atom stereocenters. The summed E-state index contributed by atoms with van der Waals surface area (Å²) in [4.78, 5) is 19.3. The van der Waals surface area contributed by atoms with Crippen molar-refractivity contribution in [3.8, 4) is 0 Å². The Balaban J connectivity index is 2.50. The highest BCUT2D eigenvalue weighted by Crippen LogP contribution is 2.16. The molecule has 0 saturated carbocycles. The summed E-state index contributed by atoms with van der Waals surface area (Å²) in [5.74, 6) is -0.678. The fourth-order valence-corrected chi connectivity index (χ4v) is 1.57. The number of aromatic nitrogens is 1. The third kappa shape index (κ3) is 2.39. The first-order valence-corrected chi connectivity index (χ1v) is 5.06.